The van der Waals surface area contributed by atoms with E-state index in [1.54, 1.807) is 29.2 Å². The lowest BCUT2D eigenvalue weighted by molar-refractivity contribution is 0.0817. The van der Waals surface area contributed by atoms with Crippen LogP contribution in [0.5, 0.6) is 0 Å². The first-order valence-corrected chi connectivity index (χ1v) is 12.4. The predicted molar refractivity (Wildman–Crippen MR) is 106 cm³/mol. The van der Waals surface area contributed by atoms with Gasteiger partial charge in [0.25, 0.3) is 5.91 Å². The van der Waals surface area contributed by atoms with Crippen LogP contribution in [0.1, 0.15) is 10.4 Å². The lowest BCUT2D eigenvalue weighted by Crippen LogP contribution is -2.22. The Morgan fingerprint density at radius 3 is 2.69 bits per heavy atom. The summed E-state index contributed by atoms with van der Waals surface area (Å²) in [4.78, 5) is 16.7. The minimum Gasteiger partial charge on any atom is -0.360 e. The number of hydrogen-bond donors (Lipinski definition) is 1. The van der Waals surface area contributed by atoms with Gasteiger partial charge in [-0.15, -0.1) is 0 Å². The molecule has 0 atom stereocenters. The zero-order chi connectivity index (χ0) is 18.6. The summed E-state index contributed by atoms with van der Waals surface area (Å²) in [5, 5.41) is 7.21. The maximum atomic E-state index is 12.3. The molecule has 0 saturated heterocycles. The third-order valence-corrected chi connectivity index (χ3v) is 5.70. The number of rotatable bonds is 7. The molecule has 0 saturated carbocycles. The maximum absolute atomic E-state index is 12.3. The van der Waals surface area contributed by atoms with Crippen molar-refractivity contribution in [3.8, 4) is 0 Å². The molecule has 0 bridgehead atoms. The second-order valence-electron chi connectivity index (χ2n) is 7.44. The number of anilines is 1. The number of carbonyl (C=O) groups is 1. The van der Waals surface area contributed by atoms with Gasteiger partial charge in [-0.05, 0) is 24.2 Å². The Balaban J connectivity index is 1.68. The van der Waals surface area contributed by atoms with E-state index in [2.05, 4.69) is 35.0 Å². The number of ether oxygens (including phenoxy) is 1. The van der Waals surface area contributed by atoms with Gasteiger partial charge in [0.15, 0.2) is 0 Å². The molecular weight excluding hydrogens is 344 g/mol. The molecule has 0 spiro atoms. The van der Waals surface area contributed by atoms with Gasteiger partial charge in [0.1, 0.15) is 12.2 Å². The van der Waals surface area contributed by atoms with Crippen LogP contribution in [0.15, 0.2) is 48.8 Å². The van der Waals surface area contributed by atoms with E-state index in [0.29, 0.717) is 18.0 Å². The van der Waals surface area contributed by atoms with Crippen LogP contribution in [0.3, 0.4) is 0 Å². The molecule has 2 heterocycles. The first-order chi connectivity index (χ1) is 12.4. The van der Waals surface area contributed by atoms with E-state index in [1.807, 2.05) is 24.3 Å². The van der Waals surface area contributed by atoms with Gasteiger partial charge in [0.05, 0.1) is 23.6 Å². The molecule has 1 N–H and O–H groups in total. The highest BCUT2D eigenvalue weighted by Gasteiger charge is 2.13. The molecule has 1 aromatic carbocycles. The van der Waals surface area contributed by atoms with Gasteiger partial charge < -0.3 is 10.1 Å². The van der Waals surface area contributed by atoms with Gasteiger partial charge in [-0.25, -0.2) is 4.68 Å². The summed E-state index contributed by atoms with van der Waals surface area (Å²) in [5.74, 6) is -0.163. The fraction of sp³-hybridized carbons (Fsp3) is 0.316. The van der Waals surface area contributed by atoms with Crippen molar-refractivity contribution < 1.29 is 9.53 Å². The topological polar surface area (TPSA) is 69.0 Å². The standard InChI is InChI=1S/C19H24N4O2Si/c1-26(2,3)10-9-25-14-23-18-11-16(12-20-17(18)13-21-23)22-19(24)15-7-5-4-6-8-15/h4-8,11-13H,9-10,14H2,1-3H3,(H,22,24). The largest absolute Gasteiger partial charge is 0.360 e. The van der Waals surface area contributed by atoms with Gasteiger partial charge >= 0.3 is 0 Å². The van der Waals surface area contributed by atoms with Crippen LogP contribution in [-0.2, 0) is 11.5 Å². The van der Waals surface area contributed by atoms with Crippen LogP contribution in [0.25, 0.3) is 11.0 Å². The van der Waals surface area contributed by atoms with Crippen LogP contribution in [0.2, 0.25) is 25.7 Å². The molecular formula is C19H24N4O2Si. The van der Waals surface area contributed by atoms with E-state index in [-0.39, 0.29) is 5.91 Å². The Morgan fingerprint density at radius 2 is 1.96 bits per heavy atom. The van der Waals surface area contributed by atoms with Crippen molar-refractivity contribution in [3.63, 3.8) is 0 Å². The summed E-state index contributed by atoms with van der Waals surface area (Å²) < 4.78 is 7.54. The Kier molecular flexibility index (Phi) is 5.48. The second-order valence-corrected chi connectivity index (χ2v) is 13.1. The lowest BCUT2D eigenvalue weighted by Gasteiger charge is -2.15. The molecule has 136 valence electrons. The fourth-order valence-corrected chi connectivity index (χ4v) is 3.21. The minimum absolute atomic E-state index is 0.163. The van der Waals surface area contributed by atoms with Crippen LogP contribution in [0, 0.1) is 0 Å². The zero-order valence-electron chi connectivity index (χ0n) is 15.4. The van der Waals surface area contributed by atoms with Crippen molar-refractivity contribution in [2.75, 3.05) is 11.9 Å². The summed E-state index contributed by atoms with van der Waals surface area (Å²) in [7, 11) is -1.11. The zero-order valence-corrected chi connectivity index (χ0v) is 16.4. The summed E-state index contributed by atoms with van der Waals surface area (Å²) in [6, 6.07) is 12.1. The first kappa shape index (κ1) is 18.3. The molecule has 0 aliphatic rings. The van der Waals surface area contributed by atoms with E-state index in [0.717, 1.165) is 23.7 Å². The normalized spacial score (nSPS) is 11.7. The summed E-state index contributed by atoms with van der Waals surface area (Å²) in [5.41, 5.74) is 2.85. The highest BCUT2D eigenvalue weighted by molar-refractivity contribution is 6.76. The molecule has 26 heavy (non-hydrogen) atoms. The number of nitrogens with zero attached hydrogens (tertiary/aromatic N) is 3. The first-order valence-electron chi connectivity index (χ1n) is 8.68. The molecule has 6 nitrogen and oxygen atoms in total. The third kappa shape index (κ3) is 4.77. The second kappa shape index (κ2) is 7.80. The molecule has 1 amide bonds. The number of hydrogen-bond acceptors (Lipinski definition) is 4. The molecule has 0 unspecified atom stereocenters. The molecule has 0 aliphatic carbocycles. The van der Waals surface area contributed by atoms with Gasteiger partial charge in [-0.1, -0.05) is 37.8 Å². The van der Waals surface area contributed by atoms with Crippen molar-refractivity contribution in [2.24, 2.45) is 0 Å². The van der Waals surface area contributed by atoms with E-state index in [1.165, 1.54) is 0 Å². The summed E-state index contributed by atoms with van der Waals surface area (Å²) in [6.07, 6.45) is 3.35. The van der Waals surface area contributed by atoms with Crippen molar-refractivity contribution in [3.05, 3.63) is 54.4 Å². The molecule has 3 rings (SSSR count). The molecule has 0 radical (unpaired) electrons. The Bertz CT molecular complexity index is 887. The van der Waals surface area contributed by atoms with Gasteiger partial charge in [-0.3, -0.25) is 9.78 Å². The number of carbonyl (C=O) groups excluding carboxylic acids is 1. The number of nitrogens with one attached hydrogen (secondary N) is 1. The number of benzene rings is 1. The molecule has 2 aromatic heterocycles. The van der Waals surface area contributed by atoms with E-state index >= 15 is 0 Å². The van der Waals surface area contributed by atoms with Crippen LogP contribution >= 0.6 is 0 Å². The van der Waals surface area contributed by atoms with Crippen molar-refractivity contribution in [2.45, 2.75) is 32.4 Å². The fourth-order valence-electron chi connectivity index (χ4n) is 2.45. The van der Waals surface area contributed by atoms with Crippen LogP contribution in [0.4, 0.5) is 5.69 Å². The van der Waals surface area contributed by atoms with Crippen LogP contribution < -0.4 is 5.32 Å². The van der Waals surface area contributed by atoms with E-state index in [9.17, 15) is 4.79 Å². The number of pyridine rings is 1. The Hall–Kier alpha value is -2.51. The van der Waals surface area contributed by atoms with Crippen LogP contribution in [-0.4, -0.2) is 35.4 Å². The van der Waals surface area contributed by atoms with Gasteiger partial charge in [0.2, 0.25) is 0 Å². The van der Waals surface area contributed by atoms with Gasteiger partial charge in [-0.2, -0.15) is 5.10 Å². The number of aromatic nitrogens is 3. The predicted octanol–water partition coefficient (Wildman–Crippen LogP) is 4.00. The molecule has 0 fully saturated rings. The Morgan fingerprint density at radius 1 is 1.19 bits per heavy atom. The number of amides is 1. The van der Waals surface area contributed by atoms with E-state index < -0.39 is 8.07 Å². The van der Waals surface area contributed by atoms with Gasteiger partial charge in [0, 0.05) is 20.2 Å². The number of fused-ring (bicyclic) bond motifs is 1. The van der Waals surface area contributed by atoms with Crippen molar-refractivity contribution >= 4 is 30.7 Å². The average molecular weight is 369 g/mol. The Labute approximate surface area is 154 Å². The monoisotopic (exact) mass is 368 g/mol. The average Bonchev–Trinajstić information content (AvgIpc) is 3.01. The van der Waals surface area contributed by atoms with Crippen molar-refractivity contribution in [1.82, 2.24) is 14.8 Å². The quantitative estimate of drug-likeness (QED) is 0.506. The minimum atomic E-state index is -1.11. The molecule has 3 aromatic rings. The van der Waals surface area contributed by atoms with Crippen molar-refractivity contribution in [1.29, 1.82) is 0 Å². The lowest BCUT2D eigenvalue weighted by atomic mass is 10.2. The third-order valence-electron chi connectivity index (χ3n) is 4.00. The summed E-state index contributed by atoms with van der Waals surface area (Å²) >= 11 is 0. The summed E-state index contributed by atoms with van der Waals surface area (Å²) in [6.45, 7) is 8.09. The van der Waals surface area contributed by atoms with E-state index in [4.69, 9.17) is 4.74 Å². The highest BCUT2D eigenvalue weighted by atomic mass is 28.3. The smallest absolute Gasteiger partial charge is 0.255 e. The molecule has 0 aliphatic heterocycles. The molecule has 7 heteroatoms. The highest BCUT2D eigenvalue weighted by Crippen LogP contribution is 2.17. The maximum Gasteiger partial charge on any atom is 0.255 e. The SMILES string of the molecule is C[Si](C)(C)CCOCn1ncc2ncc(NC(=O)c3ccccc3)cc21.